The van der Waals surface area contributed by atoms with Gasteiger partial charge in [0.05, 0.1) is 11.0 Å². The van der Waals surface area contributed by atoms with Crippen molar-refractivity contribution in [3.63, 3.8) is 0 Å². The van der Waals surface area contributed by atoms with Gasteiger partial charge in [-0.2, -0.15) is 0 Å². The van der Waals surface area contributed by atoms with Gasteiger partial charge in [-0.15, -0.1) is 0 Å². The molecule has 6 rings (SSSR count). The van der Waals surface area contributed by atoms with Crippen molar-refractivity contribution in [2.75, 3.05) is 0 Å². The lowest BCUT2D eigenvalue weighted by Crippen LogP contribution is -2.58. The maximum Gasteiger partial charge on any atom is 0.360 e. The molecule has 2 aromatic rings. The first-order valence-corrected chi connectivity index (χ1v) is 12.6. The summed E-state index contributed by atoms with van der Waals surface area (Å²) in [6.45, 7) is 0. The average Bonchev–Trinajstić information content (AvgIpc) is 2.77. The molecule has 0 radical (unpaired) electrons. The first-order valence-electron chi connectivity index (χ1n) is 12.6. The van der Waals surface area contributed by atoms with E-state index in [0.29, 0.717) is 23.6 Å². The van der Waals surface area contributed by atoms with E-state index in [1.54, 1.807) is 4.57 Å². The Hall–Kier alpha value is -2.21. The molecule has 6 nitrogen and oxygen atoms in total. The van der Waals surface area contributed by atoms with Crippen LogP contribution in [0.5, 0.6) is 0 Å². The van der Waals surface area contributed by atoms with Crippen LogP contribution in [0.25, 0.3) is 11.0 Å². The van der Waals surface area contributed by atoms with Crippen molar-refractivity contribution < 1.29 is 9.90 Å². The minimum Gasteiger partial charge on any atom is -0.476 e. The van der Waals surface area contributed by atoms with Crippen molar-refractivity contribution in [3.05, 3.63) is 40.3 Å². The van der Waals surface area contributed by atoms with Crippen molar-refractivity contribution in [2.24, 2.45) is 11.8 Å². The van der Waals surface area contributed by atoms with Crippen molar-refractivity contribution in [1.29, 1.82) is 0 Å². The van der Waals surface area contributed by atoms with Crippen LogP contribution >= 0.6 is 0 Å². The van der Waals surface area contributed by atoms with Crippen LogP contribution in [0.15, 0.2) is 29.1 Å². The number of hydrogen-bond donors (Lipinski definition) is 1. The molecule has 2 saturated heterocycles. The minimum absolute atomic E-state index is 0.0446. The van der Waals surface area contributed by atoms with Gasteiger partial charge < -0.3 is 9.67 Å². The zero-order valence-electron chi connectivity index (χ0n) is 18.7. The summed E-state index contributed by atoms with van der Waals surface area (Å²) in [5.41, 5.74) is 0.569. The summed E-state index contributed by atoms with van der Waals surface area (Å²) in [4.78, 5) is 32.1. The maximum atomic E-state index is 13.3. The molecule has 2 aliphatic heterocycles. The lowest BCUT2D eigenvalue weighted by atomic mass is 9.68. The Morgan fingerprint density at radius 2 is 1.50 bits per heavy atom. The Balaban J connectivity index is 1.35. The molecular weight excluding hydrogens is 402 g/mol. The Morgan fingerprint density at radius 1 is 0.844 bits per heavy atom. The minimum atomic E-state index is -1.24. The molecule has 0 unspecified atom stereocenters. The normalized spacial score (nSPS) is 35.0. The topological polar surface area (TPSA) is 75.4 Å². The summed E-state index contributed by atoms with van der Waals surface area (Å²) in [6, 6.07) is 9.25. The van der Waals surface area contributed by atoms with E-state index in [1.807, 2.05) is 24.3 Å². The number of rotatable bonds is 3. The maximum absolute atomic E-state index is 13.3. The molecule has 0 spiro atoms. The molecule has 1 aromatic carbocycles. The second-order valence-electron chi connectivity index (χ2n) is 10.8. The third-order valence-electron chi connectivity index (χ3n) is 8.89. The van der Waals surface area contributed by atoms with Crippen LogP contribution in [0.2, 0.25) is 0 Å². The quantitative estimate of drug-likeness (QED) is 0.761. The van der Waals surface area contributed by atoms with Gasteiger partial charge >= 0.3 is 5.97 Å². The van der Waals surface area contributed by atoms with E-state index in [2.05, 4.69) is 9.88 Å². The molecule has 6 heteroatoms. The van der Waals surface area contributed by atoms with Gasteiger partial charge in [0.15, 0.2) is 0 Å². The Kier molecular flexibility index (Phi) is 5.09. The molecule has 1 aromatic heterocycles. The first kappa shape index (κ1) is 20.4. The van der Waals surface area contributed by atoms with Gasteiger partial charge in [-0.05, 0) is 68.9 Å². The molecule has 4 fully saturated rings. The van der Waals surface area contributed by atoms with Crippen LogP contribution in [-0.4, -0.2) is 43.7 Å². The van der Waals surface area contributed by atoms with Gasteiger partial charge in [0, 0.05) is 24.2 Å². The second kappa shape index (κ2) is 7.98. The van der Waals surface area contributed by atoms with E-state index in [9.17, 15) is 14.7 Å². The smallest absolute Gasteiger partial charge is 0.360 e. The largest absolute Gasteiger partial charge is 0.476 e. The number of hydrogen-bond acceptors (Lipinski definition) is 4. The zero-order chi connectivity index (χ0) is 21.8. The lowest BCUT2D eigenvalue weighted by molar-refractivity contribution is -0.0486. The monoisotopic (exact) mass is 435 g/mol. The number of fused-ring (bicyclic) bond motifs is 5. The van der Waals surface area contributed by atoms with Gasteiger partial charge in [-0.3, -0.25) is 9.69 Å². The zero-order valence-corrected chi connectivity index (χ0v) is 18.7. The van der Waals surface area contributed by atoms with Crippen molar-refractivity contribution in [3.8, 4) is 0 Å². The summed E-state index contributed by atoms with van der Waals surface area (Å²) in [6.07, 6.45) is 13.9. The number of carboxylic acid groups (broad SMARTS) is 1. The molecule has 0 amide bonds. The lowest BCUT2D eigenvalue weighted by Gasteiger charge is -2.55. The molecule has 2 aliphatic carbocycles. The van der Waals surface area contributed by atoms with E-state index in [0.717, 1.165) is 30.2 Å². The van der Waals surface area contributed by atoms with Crippen LogP contribution < -0.4 is 5.56 Å². The molecular formula is C26H33N3O3. The Morgan fingerprint density at radius 3 is 2.19 bits per heavy atom. The number of nitrogens with zero attached hydrogens (tertiary/aromatic N) is 3. The number of aromatic carboxylic acids is 1. The number of carbonyl (C=O) groups is 1. The van der Waals surface area contributed by atoms with Crippen molar-refractivity contribution >= 4 is 17.0 Å². The molecule has 2 saturated carbocycles. The third kappa shape index (κ3) is 3.38. The number of benzene rings is 1. The van der Waals surface area contributed by atoms with Crippen LogP contribution in [0.1, 0.15) is 87.2 Å². The fourth-order valence-corrected chi connectivity index (χ4v) is 7.79. The summed E-state index contributed by atoms with van der Waals surface area (Å²) < 4.78 is 1.78. The van der Waals surface area contributed by atoms with Gasteiger partial charge in [-0.1, -0.05) is 37.8 Å². The summed E-state index contributed by atoms with van der Waals surface area (Å²) in [7, 11) is 0. The fraction of sp³-hybridized carbons (Fsp3) is 0.654. The van der Waals surface area contributed by atoms with Crippen LogP contribution in [0, 0.1) is 11.8 Å². The van der Waals surface area contributed by atoms with Gasteiger partial charge in [-0.25, -0.2) is 9.78 Å². The molecule has 32 heavy (non-hydrogen) atoms. The molecule has 4 aliphatic rings. The summed E-state index contributed by atoms with van der Waals surface area (Å²) >= 11 is 0. The number of aromatic nitrogens is 2. The SMILES string of the molecule is O=C(O)c1nc2ccccc2n([C@H]2C[C@H]3CCC[C@@H](C2)N3[C@H]2C[C@@H]3CCC[C@@H](C3)C2)c1=O. The van der Waals surface area contributed by atoms with Crippen molar-refractivity contribution in [2.45, 2.75) is 94.8 Å². The van der Waals surface area contributed by atoms with Crippen molar-refractivity contribution in [1.82, 2.24) is 14.5 Å². The predicted molar refractivity (Wildman–Crippen MR) is 123 cm³/mol. The second-order valence-corrected chi connectivity index (χ2v) is 10.8. The van der Waals surface area contributed by atoms with Crippen LogP contribution in [-0.2, 0) is 0 Å². The van der Waals surface area contributed by atoms with E-state index in [1.165, 1.54) is 57.8 Å². The van der Waals surface area contributed by atoms with Gasteiger partial charge in [0.2, 0.25) is 5.69 Å². The highest BCUT2D eigenvalue weighted by atomic mass is 16.4. The average molecular weight is 436 g/mol. The molecule has 170 valence electrons. The van der Waals surface area contributed by atoms with Crippen LogP contribution in [0.3, 0.4) is 0 Å². The summed E-state index contributed by atoms with van der Waals surface area (Å²) in [5, 5.41) is 9.62. The number of carboxylic acids is 1. The van der Waals surface area contributed by atoms with Crippen LogP contribution in [0.4, 0.5) is 0 Å². The fourth-order valence-electron chi connectivity index (χ4n) is 7.79. The first-order chi connectivity index (χ1) is 15.6. The Labute approximate surface area is 188 Å². The van der Waals surface area contributed by atoms with E-state index < -0.39 is 11.5 Å². The van der Waals surface area contributed by atoms with E-state index in [4.69, 9.17) is 0 Å². The van der Waals surface area contributed by atoms with E-state index >= 15 is 0 Å². The molecule has 3 heterocycles. The summed E-state index contributed by atoms with van der Waals surface area (Å²) in [5.74, 6) is 0.590. The standard InChI is InChI=1S/C26H33N3O3/c30-25-24(26(31)32)27-22-9-1-2-10-23(22)29(25)21-14-18-7-4-8-19(15-21)28(18)20-12-16-5-3-6-17(11-16)13-20/h1-2,9-10,16-21H,3-8,11-15H2,(H,31,32)/t16-,17+,18-,19+,20+,21+. The number of para-hydroxylation sites is 2. The Bertz CT molecular complexity index is 1070. The third-order valence-corrected chi connectivity index (χ3v) is 8.89. The van der Waals surface area contributed by atoms with Gasteiger partial charge in [0.1, 0.15) is 0 Å². The predicted octanol–water partition coefficient (Wildman–Crippen LogP) is 4.62. The molecule has 6 atom stereocenters. The van der Waals surface area contributed by atoms with Gasteiger partial charge in [0.25, 0.3) is 5.56 Å². The van der Waals surface area contributed by atoms with E-state index in [-0.39, 0.29) is 11.7 Å². The highest BCUT2D eigenvalue weighted by Gasteiger charge is 2.45. The molecule has 4 bridgehead atoms. The highest BCUT2D eigenvalue weighted by molar-refractivity contribution is 5.88. The highest BCUT2D eigenvalue weighted by Crippen LogP contribution is 2.47. The number of piperidine rings is 2. The molecule has 1 N–H and O–H groups in total.